The van der Waals surface area contributed by atoms with Crippen LogP contribution in [0.4, 0.5) is 10.2 Å². The number of aliphatic hydroxyl groups is 1. The first-order chi connectivity index (χ1) is 12.1. The van der Waals surface area contributed by atoms with Crippen LogP contribution in [0.2, 0.25) is 13.1 Å². The Hall–Kier alpha value is -1.62. The summed E-state index contributed by atoms with van der Waals surface area (Å²) in [5.41, 5.74) is 6.10. The van der Waals surface area contributed by atoms with Crippen LogP contribution >= 0.6 is 0 Å². The molecule has 0 radical (unpaired) electrons. The highest BCUT2D eigenvalue weighted by molar-refractivity contribution is 6.58. The van der Waals surface area contributed by atoms with Crippen molar-refractivity contribution >= 4 is 25.8 Å². The number of hydrogen-bond donors (Lipinski definition) is 2. The van der Waals surface area contributed by atoms with E-state index in [2.05, 4.69) is 15.0 Å². The smallest absolute Gasteiger partial charge is 0.172 e. The highest BCUT2D eigenvalue weighted by Gasteiger charge is 2.60. The number of nitrogen functional groups attached to an aromatic ring is 1. The molecule has 3 heterocycles. The number of nitrogens with zero attached hydrogens (tertiary/aromatic N) is 4. The van der Waals surface area contributed by atoms with Crippen LogP contribution in [0.1, 0.15) is 20.8 Å². The molecule has 2 aromatic heterocycles. The number of nitrogens with two attached hydrogens (primary N) is 1. The Labute approximate surface area is 153 Å². The number of aliphatic hydroxyl groups excluding tert-OH is 1. The zero-order chi connectivity index (χ0) is 19.3. The second kappa shape index (κ2) is 6.52. The minimum Gasteiger partial charge on any atom is -0.394 e. The summed E-state index contributed by atoms with van der Waals surface area (Å²) in [7, 11) is -1.86. The lowest BCUT2D eigenvalue weighted by Gasteiger charge is -2.36. The lowest BCUT2D eigenvalue weighted by molar-refractivity contribution is -0.114. The van der Waals surface area contributed by atoms with Crippen LogP contribution in [-0.4, -0.2) is 64.0 Å². The third kappa shape index (κ3) is 2.90. The van der Waals surface area contributed by atoms with E-state index in [1.54, 1.807) is 4.57 Å². The summed E-state index contributed by atoms with van der Waals surface area (Å²) in [5.74, 6) is 0.226. The molecule has 1 aliphatic heterocycles. The van der Waals surface area contributed by atoms with Crippen molar-refractivity contribution in [3.63, 3.8) is 0 Å². The summed E-state index contributed by atoms with van der Waals surface area (Å²) < 4.78 is 29.6. The molecule has 0 bridgehead atoms. The highest BCUT2D eigenvalue weighted by atomic mass is 28.3. The minimum absolute atomic E-state index is 0.226. The van der Waals surface area contributed by atoms with Crippen molar-refractivity contribution in [2.45, 2.75) is 63.2 Å². The molecule has 4 atom stereocenters. The Balaban J connectivity index is 2.15. The Morgan fingerprint density at radius 1 is 1.38 bits per heavy atom. The van der Waals surface area contributed by atoms with E-state index in [-0.39, 0.29) is 12.4 Å². The number of imidazole rings is 1. The van der Waals surface area contributed by atoms with Gasteiger partial charge in [0.05, 0.1) is 18.5 Å². The summed E-state index contributed by atoms with van der Waals surface area (Å²) in [4.78, 5) is 12.4. The van der Waals surface area contributed by atoms with Gasteiger partial charge in [-0.3, -0.25) is 4.57 Å². The van der Waals surface area contributed by atoms with Crippen molar-refractivity contribution in [2.75, 3.05) is 12.3 Å². The maximum atomic E-state index is 15.9. The number of halogens is 1. The number of rotatable bonds is 4. The van der Waals surface area contributed by atoms with Gasteiger partial charge in [0.2, 0.25) is 0 Å². The Morgan fingerprint density at radius 3 is 2.65 bits per heavy atom. The standard InChI is InChI=1S/C16H26FN5O3Si/c1-15(2,3)25-11-9(6-23)24-16(12(11)17,26(4)5)22-8-21-10-13(18)19-7-20-14(10)22/h7-9,11-12,23,26H,6H2,1-5H3,(H2,18,19,20)/t9-,11-,12-,16+/m1/s1. The molecule has 0 unspecified atom stereocenters. The Kier molecular flexibility index (Phi) is 4.80. The van der Waals surface area contributed by atoms with Crippen molar-refractivity contribution in [1.29, 1.82) is 0 Å². The zero-order valence-corrected chi connectivity index (χ0v) is 16.8. The SMILES string of the molecule is C[SiH](C)[C@@]1(n2cnc3c(N)ncnc32)O[C@H](CO)[C@@H](OC(C)(C)C)[C@H]1F. The van der Waals surface area contributed by atoms with E-state index in [1.807, 2.05) is 33.9 Å². The van der Waals surface area contributed by atoms with Gasteiger partial charge in [0.15, 0.2) is 23.0 Å². The van der Waals surface area contributed by atoms with E-state index in [4.69, 9.17) is 15.2 Å². The van der Waals surface area contributed by atoms with Crippen LogP contribution < -0.4 is 5.73 Å². The fraction of sp³-hybridized carbons (Fsp3) is 0.688. The van der Waals surface area contributed by atoms with Gasteiger partial charge in [0.25, 0.3) is 0 Å². The molecule has 26 heavy (non-hydrogen) atoms. The maximum absolute atomic E-state index is 15.9. The first kappa shape index (κ1) is 19.1. The monoisotopic (exact) mass is 383 g/mol. The Morgan fingerprint density at radius 2 is 2.08 bits per heavy atom. The van der Waals surface area contributed by atoms with E-state index in [9.17, 15) is 5.11 Å². The van der Waals surface area contributed by atoms with Gasteiger partial charge in [0, 0.05) is 0 Å². The van der Waals surface area contributed by atoms with Gasteiger partial charge >= 0.3 is 0 Å². The predicted molar refractivity (Wildman–Crippen MR) is 98.1 cm³/mol. The second-order valence-electron chi connectivity index (χ2n) is 7.89. The summed E-state index contributed by atoms with van der Waals surface area (Å²) in [5, 5.41) is 8.50. The molecule has 1 fully saturated rings. The van der Waals surface area contributed by atoms with E-state index < -0.39 is 38.1 Å². The van der Waals surface area contributed by atoms with Crippen LogP contribution in [0.15, 0.2) is 12.7 Å². The molecule has 2 aromatic rings. The average Bonchev–Trinajstić information content (AvgIpc) is 3.08. The van der Waals surface area contributed by atoms with Crippen LogP contribution in [0, 0.1) is 0 Å². The normalized spacial score (nSPS) is 29.8. The maximum Gasteiger partial charge on any atom is 0.172 e. The first-order valence-electron chi connectivity index (χ1n) is 8.66. The Bertz CT molecular complexity index is 796. The predicted octanol–water partition coefficient (Wildman–Crippen LogP) is 1.00. The lowest BCUT2D eigenvalue weighted by atomic mass is 10.1. The molecule has 1 saturated heterocycles. The first-order valence-corrected chi connectivity index (χ1v) is 11.5. The van der Waals surface area contributed by atoms with Crippen molar-refractivity contribution in [3.05, 3.63) is 12.7 Å². The molecule has 1 aliphatic rings. The van der Waals surface area contributed by atoms with E-state index in [0.29, 0.717) is 11.2 Å². The van der Waals surface area contributed by atoms with Gasteiger partial charge in [-0.1, -0.05) is 13.1 Å². The molecule has 10 heteroatoms. The number of fused-ring (bicyclic) bond motifs is 1. The quantitative estimate of drug-likeness (QED) is 0.758. The van der Waals surface area contributed by atoms with Crippen LogP contribution in [0.5, 0.6) is 0 Å². The topological polar surface area (TPSA) is 108 Å². The fourth-order valence-corrected chi connectivity index (χ4v) is 5.53. The number of anilines is 1. The molecule has 3 rings (SSSR count). The summed E-state index contributed by atoms with van der Waals surface area (Å²) in [6, 6.07) is 0. The van der Waals surface area contributed by atoms with Gasteiger partial charge in [0.1, 0.15) is 32.8 Å². The molecule has 8 nitrogen and oxygen atoms in total. The molecule has 0 aromatic carbocycles. The number of aromatic nitrogens is 4. The van der Waals surface area contributed by atoms with Gasteiger partial charge in [-0.05, 0) is 20.8 Å². The fourth-order valence-electron chi connectivity index (χ4n) is 3.51. The summed E-state index contributed by atoms with van der Waals surface area (Å²) >= 11 is 0. The van der Waals surface area contributed by atoms with Gasteiger partial charge < -0.3 is 20.3 Å². The molecular weight excluding hydrogens is 357 g/mol. The number of ether oxygens (including phenoxy) is 2. The second-order valence-corrected chi connectivity index (χ2v) is 11.0. The molecule has 3 N–H and O–H groups in total. The van der Waals surface area contributed by atoms with Gasteiger partial charge in [-0.15, -0.1) is 0 Å². The van der Waals surface area contributed by atoms with Crippen LogP contribution in [-0.2, 0) is 14.8 Å². The minimum atomic E-state index is -1.86. The largest absolute Gasteiger partial charge is 0.394 e. The number of alkyl halides is 1. The van der Waals surface area contributed by atoms with E-state index in [0.717, 1.165) is 0 Å². The van der Waals surface area contributed by atoms with Crippen LogP contribution in [0.3, 0.4) is 0 Å². The molecule has 0 saturated carbocycles. The van der Waals surface area contributed by atoms with Gasteiger partial charge in [-0.25, -0.2) is 19.3 Å². The lowest BCUT2D eigenvalue weighted by Crippen LogP contribution is -2.53. The van der Waals surface area contributed by atoms with E-state index >= 15 is 4.39 Å². The number of hydrogen-bond acceptors (Lipinski definition) is 7. The zero-order valence-electron chi connectivity index (χ0n) is 15.7. The van der Waals surface area contributed by atoms with E-state index in [1.165, 1.54) is 12.7 Å². The molecule has 0 spiro atoms. The highest BCUT2D eigenvalue weighted by Crippen LogP contribution is 2.43. The molecular formula is C16H26FN5O3Si. The summed E-state index contributed by atoms with van der Waals surface area (Å²) in [6.07, 6.45) is -0.356. The third-order valence-corrected chi connectivity index (χ3v) is 7.01. The average molecular weight is 384 g/mol. The van der Waals surface area contributed by atoms with Crippen molar-refractivity contribution in [2.24, 2.45) is 0 Å². The molecule has 144 valence electrons. The molecule has 0 aliphatic carbocycles. The summed E-state index contributed by atoms with van der Waals surface area (Å²) in [6.45, 7) is 9.17. The van der Waals surface area contributed by atoms with Gasteiger partial charge in [-0.2, -0.15) is 0 Å². The molecule has 0 amide bonds. The third-order valence-electron chi connectivity index (χ3n) is 4.63. The van der Waals surface area contributed by atoms with Crippen molar-refractivity contribution in [3.8, 4) is 0 Å². The van der Waals surface area contributed by atoms with Crippen molar-refractivity contribution < 1.29 is 19.0 Å². The van der Waals surface area contributed by atoms with Crippen LogP contribution in [0.25, 0.3) is 11.2 Å². The van der Waals surface area contributed by atoms with Crippen molar-refractivity contribution in [1.82, 2.24) is 19.5 Å².